The quantitative estimate of drug-likeness (QED) is 0.479. The van der Waals surface area contributed by atoms with Crippen molar-refractivity contribution in [2.24, 2.45) is 0 Å². The Labute approximate surface area is 176 Å². The molecular weight excluding hydrogens is 434 g/mol. The summed E-state index contributed by atoms with van der Waals surface area (Å²) in [6.07, 6.45) is 4.08. The first-order chi connectivity index (χ1) is 13.5. The third-order valence-corrected chi connectivity index (χ3v) is 6.78. The summed E-state index contributed by atoms with van der Waals surface area (Å²) >= 11 is 4.94. The van der Waals surface area contributed by atoms with Gasteiger partial charge in [-0.1, -0.05) is 45.8 Å². The van der Waals surface area contributed by atoms with Crippen LogP contribution in [0.3, 0.4) is 0 Å². The van der Waals surface area contributed by atoms with E-state index in [-0.39, 0.29) is 11.7 Å². The summed E-state index contributed by atoms with van der Waals surface area (Å²) < 4.78 is 0.922. The number of amides is 1. The third-order valence-electron chi connectivity index (χ3n) is 5.05. The SMILES string of the molecule is Cc1ccc(C(=O)c2c(NC(=O)c3ccc(Br)cc3)sc3c2CCCC3)cc1. The molecule has 1 amide bonds. The minimum atomic E-state index is -0.191. The van der Waals surface area contributed by atoms with Crippen LogP contribution in [-0.2, 0) is 12.8 Å². The molecule has 3 aromatic rings. The normalized spacial score (nSPS) is 13.1. The number of thiophene rings is 1. The highest BCUT2D eigenvalue weighted by Crippen LogP contribution is 2.39. The van der Waals surface area contributed by atoms with Crippen molar-refractivity contribution >= 4 is 44.0 Å². The van der Waals surface area contributed by atoms with Crippen LogP contribution in [-0.4, -0.2) is 11.7 Å². The lowest BCUT2D eigenvalue weighted by Gasteiger charge is -2.13. The Morgan fingerprint density at radius 2 is 1.57 bits per heavy atom. The lowest BCUT2D eigenvalue weighted by molar-refractivity contribution is 0.102. The smallest absolute Gasteiger partial charge is 0.256 e. The number of carbonyl (C=O) groups is 2. The number of carbonyl (C=O) groups excluding carboxylic acids is 2. The van der Waals surface area contributed by atoms with Crippen molar-refractivity contribution in [1.82, 2.24) is 0 Å². The van der Waals surface area contributed by atoms with Gasteiger partial charge >= 0.3 is 0 Å². The average molecular weight is 454 g/mol. The van der Waals surface area contributed by atoms with Gasteiger partial charge in [0, 0.05) is 20.5 Å². The number of ketones is 1. The highest BCUT2D eigenvalue weighted by Gasteiger charge is 2.27. The topological polar surface area (TPSA) is 46.2 Å². The fraction of sp³-hybridized carbons (Fsp3) is 0.217. The Bertz CT molecular complexity index is 1040. The summed E-state index contributed by atoms with van der Waals surface area (Å²) in [6.45, 7) is 2.00. The molecule has 3 nitrogen and oxygen atoms in total. The summed E-state index contributed by atoms with van der Waals surface area (Å²) in [4.78, 5) is 27.3. The minimum Gasteiger partial charge on any atom is -0.313 e. The number of aryl methyl sites for hydroxylation is 2. The van der Waals surface area contributed by atoms with Crippen LogP contribution >= 0.6 is 27.3 Å². The van der Waals surface area contributed by atoms with E-state index >= 15 is 0 Å². The van der Waals surface area contributed by atoms with E-state index in [2.05, 4.69) is 21.2 Å². The van der Waals surface area contributed by atoms with Gasteiger partial charge in [0.1, 0.15) is 5.00 Å². The van der Waals surface area contributed by atoms with E-state index in [9.17, 15) is 9.59 Å². The molecule has 0 saturated heterocycles. The summed E-state index contributed by atoms with van der Waals surface area (Å²) in [7, 11) is 0. The van der Waals surface area contributed by atoms with Gasteiger partial charge in [-0.15, -0.1) is 11.3 Å². The van der Waals surface area contributed by atoms with Crippen molar-refractivity contribution < 1.29 is 9.59 Å². The molecule has 0 atom stereocenters. The molecule has 142 valence electrons. The van der Waals surface area contributed by atoms with Gasteiger partial charge < -0.3 is 5.32 Å². The van der Waals surface area contributed by atoms with Crippen molar-refractivity contribution in [2.75, 3.05) is 5.32 Å². The molecule has 1 aliphatic carbocycles. The molecule has 1 aliphatic rings. The maximum Gasteiger partial charge on any atom is 0.256 e. The molecule has 0 bridgehead atoms. The molecule has 28 heavy (non-hydrogen) atoms. The second kappa shape index (κ2) is 8.02. The fourth-order valence-corrected chi connectivity index (χ4v) is 5.07. The van der Waals surface area contributed by atoms with E-state index in [0.29, 0.717) is 21.7 Å². The fourth-order valence-electron chi connectivity index (χ4n) is 3.52. The summed E-state index contributed by atoms with van der Waals surface area (Å²) in [5, 5.41) is 3.68. The lowest BCUT2D eigenvalue weighted by atomic mass is 9.91. The van der Waals surface area contributed by atoms with Gasteiger partial charge in [0.15, 0.2) is 5.78 Å². The van der Waals surface area contributed by atoms with E-state index in [1.54, 1.807) is 23.5 Å². The summed E-state index contributed by atoms with van der Waals surface area (Å²) in [5.41, 5.74) is 4.15. The zero-order chi connectivity index (χ0) is 19.7. The highest BCUT2D eigenvalue weighted by atomic mass is 79.9. The predicted molar refractivity (Wildman–Crippen MR) is 118 cm³/mol. The first kappa shape index (κ1) is 19.1. The molecular formula is C23H20BrNO2S. The first-order valence-corrected chi connectivity index (χ1v) is 11.0. The molecule has 0 saturated carbocycles. The third kappa shape index (κ3) is 3.82. The van der Waals surface area contributed by atoms with Crippen molar-refractivity contribution in [1.29, 1.82) is 0 Å². The summed E-state index contributed by atoms with van der Waals surface area (Å²) in [5.74, 6) is -0.199. The lowest BCUT2D eigenvalue weighted by Crippen LogP contribution is -2.15. The number of anilines is 1. The van der Waals surface area contributed by atoms with Gasteiger partial charge in [-0.05, 0) is 62.4 Å². The predicted octanol–water partition coefficient (Wildman–Crippen LogP) is 6.18. The van der Waals surface area contributed by atoms with E-state index < -0.39 is 0 Å². The van der Waals surface area contributed by atoms with Crippen LogP contribution in [0.15, 0.2) is 53.0 Å². The highest BCUT2D eigenvalue weighted by molar-refractivity contribution is 9.10. The van der Waals surface area contributed by atoms with E-state index in [1.807, 2.05) is 43.3 Å². The van der Waals surface area contributed by atoms with Crippen LogP contribution in [0.4, 0.5) is 5.00 Å². The van der Waals surface area contributed by atoms with Gasteiger partial charge in [0.2, 0.25) is 0 Å². The monoisotopic (exact) mass is 453 g/mol. The zero-order valence-electron chi connectivity index (χ0n) is 15.5. The van der Waals surface area contributed by atoms with Gasteiger partial charge in [0.05, 0.1) is 5.56 Å². The maximum atomic E-state index is 13.3. The van der Waals surface area contributed by atoms with Crippen LogP contribution in [0.5, 0.6) is 0 Å². The van der Waals surface area contributed by atoms with Crippen LogP contribution < -0.4 is 5.32 Å². The maximum absolute atomic E-state index is 13.3. The Hall–Kier alpha value is -2.24. The van der Waals surface area contributed by atoms with E-state index in [4.69, 9.17) is 0 Å². The van der Waals surface area contributed by atoms with Gasteiger partial charge in [-0.25, -0.2) is 0 Å². The number of hydrogen-bond donors (Lipinski definition) is 1. The Kier molecular flexibility index (Phi) is 5.47. The Morgan fingerprint density at radius 3 is 2.29 bits per heavy atom. The van der Waals surface area contributed by atoms with Crippen molar-refractivity contribution in [3.8, 4) is 0 Å². The number of halogens is 1. The average Bonchev–Trinajstić information content (AvgIpc) is 3.06. The van der Waals surface area contributed by atoms with Crippen molar-refractivity contribution in [3.63, 3.8) is 0 Å². The van der Waals surface area contributed by atoms with Crippen LogP contribution in [0, 0.1) is 6.92 Å². The second-order valence-electron chi connectivity index (χ2n) is 7.07. The van der Waals surface area contributed by atoms with E-state index in [1.165, 1.54) is 4.88 Å². The number of nitrogens with one attached hydrogen (secondary N) is 1. The largest absolute Gasteiger partial charge is 0.313 e. The van der Waals surface area contributed by atoms with Crippen molar-refractivity contribution in [3.05, 3.63) is 85.7 Å². The van der Waals surface area contributed by atoms with Gasteiger partial charge in [-0.3, -0.25) is 9.59 Å². The molecule has 1 heterocycles. The van der Waals surface area contributed by atoms with Crippen LogP contribution in [0.2, 0.25) is 0 Å². The number of rotatable bonds is 4. The molecule has 5 heteroatoms. The first-order valence-electron chi connectivity index (χ1n) is 9.36. The molecule has 1 N–H and O–H groups in total. The molecule has 0 spiro atoms. The second-order valence-corrected chi connectivity index (χ2v) is 9.09. The van der Waals surface area contributed by atoms with E-state index in [0.717, 1.165) is 41.3 Å². The Balaban J connectivity index is 1.71. The van der Waals surface area contributed by atoms with Crippen LogP contribution in [0.1, 0.15) is 55.1 Å². The standard InChI is InChI=1S/C23H20BrNO2S/c1-14-6-8-15(9-7-14)21(26)20-18-4-2-3-5-19(18)28-23(20)25-22(27)16-10-12-17(24)13-11-16/h6-13H,2-5H2,1H3,(H,25,27). The zero-order valence-corrected chi connectivity index (χ0v) is 18.0. The minimum absolute atomic E-state index is 0.00879. The molecule has 0 fully saturated rings. The molecule has 0 unspecified atom stereocenters. The van der Waals surface area contributed by atoms with Crippen molar-refractivity contribution in [2.45, 2.75) is 32.6 Å². The van der Waals surface area contributed by atoms with Crippen LogP contribution in [0.25, 0.3) is 0 Å². The summed E-state index contributed by atoms with van der Waals surface area (Å²) in [6, 6.07) is 14.9. The molecule has 0 aliphatic heterocycles. The van der Waals surface area contributed by atoms with Gasteiger partial charge in [0.25, 0.3) is 5.91 Å². The number of hydrogen-bond acceptors (Lipinski definition) is 3. The molecule has 2 aromatic carbocycles. The molecule has 4 rings (SSSR count). The van der Waals surface area contributed by atoms with Gasteiger partial charge in [-0.2, -0.15) is 0 Å². The molecule has 0 radical (unpaired) electrons. The molecule has 1 aromatic heterocycles. The number of benzene rings is 2. The number of fused-ring (bicyclic) bond motifs is 1. The Morgan fingerprint density at radius 1 is 0.929 bits per heavy atom.